The number of carbonyl (C=O) groups excluding carboxylic acids is 1. The summed E-state index contributed by atoms with van der Waals surface area (Å²) in [5.41, 5.74) is 0.796. The molecule has 7 nitrogen and oxygen atoms in total. The van der Waals surface area contributed by atoms with Gasteiger partial charge in [0, 0.05) is 0 Å². The summed E-state index contributed by atoms with van der Waals surface area (Å²) in [7, 11) is 0. The standard InChI is InChI=1S/C11H15BrN6O/c1-2-3-4-5-6-9-10(12)18(16-14-9)11(19)17-8-7-13-15-17/h7-8H,2-6H2,1H3. The van der Waals surface area contributed by atoms with Gasteiger partial charge in [0.05, 0.1) is 18.1 Å². The minimum atomic E-state index is -0.406. The number of unbranched alkanes of at least 4 members (excludes halogenated alkanes) is 3. The molecule has 0 aliphatic carbocycles. The van der Waals surface area contributed by atoms with E-state index in [1.165, 1.54) is 29.9 Å². The predicted molar refractivity (Wildman–Crippen MR) is 71.8 cm³/mol. The Hall–Kier alpha value is -1.57. The highest BCUT2D eigenvalue weighted by molar-refractivity contribution is 9.10. The van der Waals surface area contributed by atoms with E-state index in [2.05, 4.69) is 43.5 Å². The summed E-state index contributed by atoms with van der Waals surface area (Å²) >= 11 is 3.36. The predicted octanol–water partition coefficient (Wildman–Crippen LogP) is 2.27. The van der Waals surface area contributed by atoms with Crippen LogP contribution in [0.25, 0.3) is 0 Å². The third-order valence-electron chi connectivity index (χ3n) is 2.75. The lowest BCUT2D eigenvalue weighted by Gasteiger charge is -2.00. The highest BCUT2D eigenvalue weighted by Gasteiger charge is 2.17. The van der Waals surface area contributed by atoms with E-state index in [1.807, 2.05) is 0 Å². The molecule has 102 valence electrons. The second-order valence-electron chi connectivity index (χ2n) is 4.18. The number of halogens is 1. The van der Waals surface area contributed by atoms with Crippen molar-refractivity contribution >= 4 is 22.0 Å². The molecular formula is C11H15BrN6O. The first-order chi connectivity index (χ1) is 9.24. The summed E-state index contributed by atoms with van der Waals surface area (Å²) < 4.78 is 2.88. The third kappa shape index (κ3) is 3.25. The van der Waals surface area contributed by atoms with Crippen LogP contribution in [0, 0.1) is 0 Å². The van der Waals surface area contributed by atoms with Gasteiger partial charge in [0.1, 0.15) is 4.60 Å². The van der Waals surface area contributed by atoms with Gasteiger partial charge in [-0.25, -0.2) is 4.79 Å². The first kappa shape index (κ1) is 13.9. The lowest BCUT2D eigenvalue weighted by molar-refractivity contribution is 0.236. The highest BCUT2D eigenvalue weighted by atomic mass is 79.9. The molecule has 8 heteroatoms. The molecule has 0 aliphatic rings. The SMILES string of the molecule is CCCCCCc1nnn(C(=O)n2ccnn2)c1Br. The minimum absolute atomic E-state index is 0.406. The molecule has 2 rings (SSSR count). The molecule has 0 aliphatic heterocycles. The molecule has 19 heavy (non-hydrogen) atoms. The number of aryl methyl sites for hydroxylation is 1. The molecule has 0 saturated heterocycles. The van der Waals surface area contributed by atoms with Crippen molar-refractivity contribution in [2.24, 2.45) is 0 Å². The van der Waals surface area contributed by atoms with Crippen LogP contribution in [0.15, 0.2) is 17.0 Å². The number of nitrogens with zero attached hydrogens (tertiary/aromatic N) is 6. The van der Waals surface area contributed by atoms with Gasteiger partial charge in [-0.05, 0) is 28.8 Å². The number of carbonyl (C=O) groups is 1. The second kappa shape index (κ2) is 6.55. The Labute approximate surface area is 119 Å². The molecule has 0 aromatic carbocycles. The fourth-order valence-electron chi connectivity index (χ4n) is 1.70. The highest BCUT2D eigenvalue weighted by Crippen LogP contribution is 2.17. The zero-order chi connectivity index (χ0) is 13.7. The van der Waals surface area contributed by atoms with Gasteiger partial charge in [0.25, 0.3) is 0 Å². The average Bonchev–Trinajstić information content (AvgIpc) is 3.04. The summed E-state index contributed by atoms with van der Waals surface area (Å²) in [6.07, 6.45) is 8.33. The molecule has 0 unspecified atom stereocenters. The smallest absolute Gasteiger partial charge is 0.243 e. The lowest BCUT2D eigenvalue weighted by Crippen LogP contribution is -2.21. The number of hydrogen-bond acceptors (Lipinski definition) is 5. The van der Waals surface area contributed by atoms with Crippen molar-refractivity contribution in [3.05, 3.63) is 22.7 Å². The van der Waals surface area contributed by atoms with Crippen molar-refractivity contribution in [3.8, 4) is 0 Å². The van der Waals surface area contributed by atoms with Crippen LogP contribution in [-0.2, 0) is 6.42 Å². The normalized spacial score (nSPS) is 10.8. The molecule has 2 aromatic rings. The van der Waals surface area contributed by atoms with E-state index >= 15 is 0 Å². The number of hydrogen-bond donors (Lipinski definition) is 0. The molecule has 0 saturated carbocycles. The van der Waals surface area contributed by atoms with Crippen molar-refractivity contribution in [2.75, 3.05) is 0 Å². The molecule has 0 spiro atoms. The molecule has 0 amide bonds. The Morgan fingerprint density at radius 2 is 2.16 bits per heavy atom. The van der Waals surface area contributed by atoms with Crippen molar-refractivity contribution in [3.63, 3.8) is 0 Å². The van der Waals surface area contributed by atoms with Gasteiger partial charge in [-0.2, -0.15) is 9.36 Å². The van der Waals surface area contributed by atoms with Gasteiger partial charge in [-0.1, -0.05) is 36.6 Å². The van der Waals surface area contributed by atoms with Gasteiger partial charge in [0.2, 0.25) is 0 Å². The minimum Gasteiger partial charge on any atom is -0.243 e. The Morgan fingerprint density at radius 1 is 1.32 bits per heavy atom. The van der Waals surface area contributed by atoms with Crippen molar-refractivity contribution < 1.29 is 4.79 Å². The van der Waals surface area contributed by atoms with E-state index in [4.69, 9.17) is 0 Å². The van der Waals surface area contributed by atoms with Crippen LogP contribution in [0.3, 0.4) is 0 Å². The maximum absolute atomic E-state index is 12.0. The maximum atomic E-state index is 12.0. The fraction of sp³-hybridized carbons (Fsp3) is 0.545. The van der Waals surface area contributed by atoms with Gasteiger partial charge in [0.15, 0.2) is 0 Å². The van der Waals surface area contributed by atoms with Crippen LogP contribution in [0.5, 0.6) is 0 Å². The number of rotatable bonds is 5. The van der Waals surface area contributed by atoms with Crippen molar-refractivity contribution in [1.29, 1.82) is 0 Å². The average molecular weight is 327 g/mol. The van der Waals surface area contributed by atoms with E-state index in [0.717, 1.165) is 29.6 Å². The van der Waals surface area contributed by atoms with E-state index in [-0.39, 0.29) is 0 Å². The second-order valence-corrected chi connectivity index (χ2v) is 4.93. The molecule has 0 bridgehead atoms. The molecule has 2 aromatic heterocycles. The van der Waals surface area contributed by atoms with Crippen LogP contribution in [0.1, 0.15) is 38.3 Å². The van der Waals surface area contributed by atoms with E-state index in [9.17, 15) is 4.79 Å². The molecular weight excluding hydrogens is 312 g/mol. The topological polar surface area (TPSA) is 78.5 Å². The third-order valence-corrected chi connectivity index (χ3v) is 3.54. The Kier molecular flexibility index (Phi) is 4.78. The summed E-state index contributed by atoms with van der Waals surface area (Å²) in [5, 5.41) is 15.1. The Balaban J connectivity index is 2.04. The number of aromatic nitrogens is 6. The molecule has 0 radical (unpaired) electrons. The summed E-state index contributed by atoms with van der Waals surface area (Å²) in [6.45, 7) is 2.17. The molecule has 2 heterocycles. The van der Waals surface area contributed by atoms with Crippen LogP contribution >= 0.6 is 15.9 Å². The molecule has 0 N–H and O–H groups in total. The first-order valence-corrected chi connectivity index (χ1v) is 7.04. The first-order valence-electron chi connectivity index (χ1n) is 6.25. The largest absolute Gasteiger partial charge is 0.373 e. The summed E-state index contributed by atoms with van der Waals surface area (Å²) in [5.74, 6) is 0. The molecule has 0 fully saturated rings. The lowest BCUT2D eigenvalue weighted by atomic mass is 10.1. The quantitative estimate of drug-likeness (QED) is 0.787. The van der Waals surface area contributed by atoms with Crippen molar-refractivity contribution in [2.45, 2.75) is 39.0 Å². The van der Waals surface area contributed by atoms with Crippen LogP contribution in [0.2, 0.25) is 0 Å². The zero-order valence-corrected chi connectivity index (χ0v) is 12.2. The van der Waals surface area contributed by atoms with Gasteiger partial charge in [-0.3, -0.25) is 0 Å². The van der Waals surface area contributed by atoms with E-state index in [1.54, 1.807) is 0 Å². The monoisotopic (exact) mass is 326 g/mol. The van der Waals surface area contributed by atoms with E-state index < -0.39 is 6.03 Å². The summed E-state index contributed by atoms with van der Waals surface area (Å²) in [6, 6.07) is -0.406. The molecule has 0 atom stereocenters. The van der Waals surface area contributed by atoms with Gasteiger partial charge in [-0.15, -0.1) is 10.2 Å². The van der Waals surface area contributed by atoms with Gasteiger partial charge < -0.3 is 0 Å². The van der Waals surface area contributed by atoms with E-state index in [0.29, 0.717) is 4.60 Å². The van der Waals surface area contributed by atoms with Crippen LogP contribution in [0.4, 0.5) is 4.79 Å². The van der Waals surface area contributed by atoms with Crippen molar-refractivity contribution in [1.82, 2.24) is 30.0 Å². The summed E-state index contributed by atoms with van der Waals surface area (Å²) in [4.78, 5) is 12.0. The maximum Gasteiger partial charge on any atom is 0.373 e. The van der Waals surface area contributed by atoms with Crippen LogP contribution < -0.4 is 0 Å². The Bertz CT molecular complexity index is 535. The van der Waals surface area contributed by atoms with Gasteiger partial charge >= 0.3 is 6.03 Å². The fourth-order valence-corrected chi connectivity index (χ4v) is 2.20. The zero-order valence-electron chi connectivity index (χ0n) is 10.7. The Morgan fingerprint density at radius 3 is 2.84 bits per heavy atom. The van der Waals surface area contributed by atoms with Crippen LogP contribution in [-0.4, -0.2) is 36.0 Å².